The number of aromatic nitrogens is 2. The maximum atomic E-state index is 9.54. The summed E-state index contributed by atoms with van der Waals surface area (Å²) in [5, 5.41) is 16.5. The first-order valence-corrected chi connectivity index (χ1v) is 6.42. The predicted molar refractivity (Wildman–Crippen MR) is 63.5 cm³/mol. The molecular weight excluding hydrogens is 218 g/mol. The Hall–Kier alpha value is -0.940. The minimum Gasteiger partial charge on any atom is -0.396 e. The van der Waals surface area contributed by atoms with Crippen LogP contribution in [0.4, 0.5) is 0 Å². The lowest BCUT2D eigenvalue weighted by Crippen LogP contribution is -2.39. The zero-order valence-electron chi connectivity index (χ0n) is 10.2. The molecule has 0 unspecified atom stereocenters. The topological polar surface area (TPSA) is 71.2 Å². The molecule has 17 heavy (non-hydrogen) atoms. The lowest BCUT2D eigenvalue weighted by Gasteiger charge is -2.35. The zero-order valence-corrected chi connectivity index (χ0v) is 10.2. The van der Waals surface area contributed by atoms with Crippen LogP contribution >= 0.6 is 0 Å². The highest BCUT2D eigenvalue weighted by Gasteiger charge is 2.30. The van der Waals surface area contributed by atoms with Crippen LogP contribution in [-0.4, -0.2) is 34.9 Å². The summed E-state index contributed by atoms with van der Waals surface area (Å²) >= 11 is 0. The van der Waals surface area contributed by atoms with E-state index in [9.17, 15) is 5.11 Å². The van der Waals surface area contributed by atoms with Crippen molar-refractivity contribution in [3.8, 4) is 0 Å². The van der Waals surface area contributed by atoms with Crippen molar-refractivity contribution in [3.63, 3.8) is 0 Å². The summed E-state index contributed by atoms with van der Waals surface area (Å²) in [6.07, 6.45) is 8.24. The van der Waals surface area contributed by atoms with Crippen molar-refractivity contribution < 1.29 is 9.63 Å². The van der Waals surface area contributed by atoms with Gasteiger partial charge in [-0.3, -0.25) is 0 Å². The highest BCUT2D eigenvalue weighted by Crippen LogP contribution is 2.35. The van der Waals surface area contributed by atoms with Gasteiger partial charge in [-0.05, 0) is 12.8 Å². The first-order chi connectivity index (χ1) is 8.35. The molecule has 0 aliphatic heterocycles. The third-order valence-corrected chi connectivity index (χ3v) is 3.67. The molecule has 1 heterocycles. The normalized spacial score (nSPS) is 19.4. The van der Waals surface area contributed by atoms with Crippen molar-refractivity contribution in [2.45, 2.75) is 38.5 Å². The van der Waals surface area contributed by atoms with Gasteiger partial charge in [0.25, 0.3) is 0 Å². The molecule has 1 aliphatic rings. The number of hydrogen-bond acceptors (Lipinski definition) is 5. The van der Waals surface area contributed by atoms with E-state index in [0.29, 0.717) is 12.5 Å². The van der Waals surface area contributed by atoms with Gasteiger partial charge in [-0.25, -0.2) is 0 Å². The Balaban J connectivity index is 1.69. The van der Waals surface area contributed by atoms with Gasteiger partial charge in [0, 0.05) is 31.5 Å². The Kier molecular flexibility index (Phi) is 4.50. The molecule has 0 atom stereocenters. The molecule has 1 saturated carbocycles. The van der Waals surface area contributed by atoms with Crippen molar-refractivity contribution in [2.24, 2.45) is 5.41 Å². The second kappa shape index (κ2) is 6.12. The Morgan fingerprint density at radius 2 is 2.18 bits per heavy atom. The standard InChI is InChI=1S/C12H21N3O2/c16-9-12(5-2-1-3-6-12)8-13-7-4-11-14-10-15-17-11/h10,13,16H,1-9H2. The number of hydrogen-bond donors (Lipinski definition) is 2. The zero-order chi connectivity index (χ0) is 12.0. The Morgan fingerprint density at radius 3 is 2.82 bits per heavy atom. The van der Waals surface area contributed by atoms with Crippen molar-refractivity contribution in [1.29, 1.82) is 0 Å². The van der Waals surface area contributed by atoms with Gasteiger partial charge in [0.05, 0.1) is 0 Å². The molecule has 1 fully saturated rings. The molecule has 2 rings (SSSR count). The van der Waals surface area contributed by atoms with Gasteiger partial charge in [0.1, 0.15) is 0 Å². The van der Waals surface area contributed by atoms with Gasteiger partial charge in [0.2, 0.25) is 5.89 Å². The van der Waals surface area contributed by atoms with Crippen LogP contribution in [-0.2, 0) is 6.42 Å². The number of nitrogens with one attached hydrogen (secondary N) is 1. The van der Waals surface area contributed by atoms with Crippen LogP contribution in [0.1, 0.15) is 38.0 Å². The maximum absolute atomic E-state index is 9.54. The van der Waals surface area contributed by atoms with E-state index >= 15 is 0 Å². The summed E-state index contributed by atoms with van der Waals surface area (Å²) in [7, 11) is 0. The number of nitrogens with zero attached hydrogens (tertiary/aromatic N) is 2. The van der Waals surface area contributed by atoms with Crippen molar-refractivity contribution >= 4 is 0 Å². The van der Waals surface area contributed by atoms with Gasteiger partial charge in [0.15, 0.2) is 6.33 Å². The van der Waals surface area contributed by atoms with Crippen LogP contribution in [0.2, 0.25) is 0 Å². The number of aliphatic hydroxyl groups is 1. The van der Waals surface area contributed by atoms with Crippen LogP contribution < -0.4 is 5.32 Å². The van der Waals surface area contributed by atoms with E-state index in [1.807, 2.05) is 0 Å². The molecule has 0 amide bonds. The van der Waals surface area contributed by atoms with E-state index < -0.39 is 0 Å². The van der Waals surface area contributed by atoms with Crippen LogP contribution in [0.25, 0.3) is 0 Å². The summed E-state index contributed by atoms with van der Waals surface area (Å²) < 4.78 is 4.93. The fraction of sp³-hybridized carbons (Fsp3) is 0.833. The summed E-state index contributed by atoms with van der Waals surface area (Å²) in [4.78, 5) is 3.97. The molecule has 1 aromatic heterocycles. The first kappa shape index (κ1) is 12.5. The molecule has 0 aromatic carbocycles. The van der Waals surface area contributed by atoms with Crippen LogP contribution in [0, 0.1) is 5.41 Å². The lowest BCUT2D eigenvalue weighted by molar-refractivity contribution is 0.0815. The van der Waals surface area contributed by atoms with Gasteiger partial charge in [-0.15, -0.1) is 0 Å². The van der Waals surface area contributed by atoms with E-state index in [1.54, 1.807) is 0 Å². The fourth-order valence-electron chi connectivity index (χ4n) is 2.55. The molecule has 1 aromatic rings. The van der Waals surface area contributed by atoms with Crippen molar-refractivity contribution in [1.82, 2.24) is 15.5 Å². The maximum Gasteiger partial charge on any atom is 0.227 e. The molecule has 96 valence electrons. The second-order valence-electron chi connectivity index (χ2n) is 4.98. The van der Waals surface area contributed by atoms with E-state index in [-0.39, 0.29) is 5.41 Å². The van der Waals surface area contributed by atoms with Gasteiger partial charge in [-0.2, -0.15) is 4.98 Å². The van der Waals surface area contributed by atoms with Crippen molar-refractivity contribution in [3.05, 3.63) is 12.2 Å². The lowest BCUT2D eigenvalue weighted by atomic mass is 9.74. The van der Waals surface area contributed by atoms with Crippen molar-refractivity contribution in [2.75, 3.05) is 19.7 Å². The van der Waals surface area contributed by atoms with E-state index in [0.717, 1.165) is 32.4 Å². The minimum atomic E-state index is 0.104. The van der Waals surface area contributed by atoms with E-state index in [2.05, 4.69) is 15.5 Å². The third kappa shape index (κ3) is 3.51. The molecule has 5 nitrogen and oxygen atoms in total. The third-order valence-electron chi connectivity index (χ3n) is 3.67. The predicted octanol–water partition coefficient (Wildman–Crippen LogP) is 1.14. The van der Waals surface area contributed by atoms with Gasteiger partial charge < -0.3 is 14.9 Å². The minimum absolute atomic E-state index is 0.104. The second-order valence-corrected chi connectivity index (χ2v) is 4.98. The largest absolute Gasteiger partial charge is 0.396 e. The fourth-order valence-corrected chi connectivity index (χ4v) is 2.55. The molecule has 0 saturated heterocycles. The summed E-state index contributed by atoms with van der Waals surface area (Å²) in [6.45, 7) is 2.00. The number of aliphatic hydroxyl groups excluding tert-OH is 1. The Bertz CT molecular complexity index is 308. The first-order valence-electron chi connectivity index (χ1n) is 6.42. The van der Waals surface area contributed by atoms with Gasteiger partial charge >= 0.3 is 0 Å². The Labute approximate surface area is 102 Å². The summed E-state index contributed by atoms with van der Waals surface area (Å²) in [5.74, 6) is 0.666. The highest BCUT2D eigenvalue weighted by molar-refractivity contribution is 4.85. The van der Waals surface area contributed by atoms with E-state index in [4.69, 9.17) is 4.52 Å². The molecule has 0 bridgehead atoms. The molecule has 0 radical (unpaired) electrons. The summed E-state index contributed by atoms with van der Waals surface area (Å²) in [5.41, 5.74) is 0.104. The molecule has 1 aliphatic carbocycles. The molecule has 2 N–H and O–H groups in total. The Morgan fingerprint density at radius 1 is 1.35 bits per heavy atom. The van der Waals surface area contributed by atoms with Crippen LogP contribution in [0.3, 0.4) is 0 Å². The van der Waals surface area contributed by atoms with Gasteiger partial charge in [-0.1, -0.05) is 24.4 Å². The average molecular weight is 239 g/mol. The highest BCUT2D eigenvalue weighted by atomic mass is 16.5. The molecule has 5 heteroatoms. The van der Waals surface area contributed by atoms with E-state index in [1.165, 1.54) is 25.6 Å². The SMILES string of the molecule is OCC1(CNCCc2ncno2)CCCCC1. The monoisotopic (exact) mass is 239 g/mol. The van der Waals surface area contributed by atoms with Crippen LogP contribution in [0.15, 0.2) is 10.9 Å². The molecular formula is C12H21N3O2. The summed E-state index contributed by atoms with van der Waals surface area (Å²) in [6, 6.07) is 0. The molecule has 0 spiro atoms. The average Bonchev–Trinajstić information content (AvgIpc) is 2.89. The quantitative estimate of drug-likeness (QED) is 0.728. The number of rotatable bonds is 6. The smallest absolute Gasteiger partial charge is 0.227 e. The van der Waals surface area contributed by atoms with Crippen LogP contribution in [0.5, 0.6) is 0 Å².